The Labute approximate surface area is 168 Å². The van der Waals surface area contributed by atoms with Gasteiger partial charge in [0.25, 0.3) is 0 Å². The van der Waals surface area contributed by atoms with Crippen LogP contribution in [0.3, 0.4) is 0 Å². The fourth-order valence-electron chi connectivity index (χ4n) is 2.56. The van der Waals surface area contributed by atoms with Gasteiger partial charge in [-0.3, -0.25) is 4.72 Å². The Morgan fingerprint density at radius 1 is 1.15 bits per heavy atom. The van der Waals surface area contributed by atoms with Crippen LogP contribution >= 0.6 is 15.9 Å². The van der Waals surface area contributed by atoms with Gasteiger partial charge in [-0.25, -0.2) is 13.4 Å². The Kier molecular flexibility index (Phi) is 7.32. The summed E-state index contributed by atoms with van der Waals surface area (Å²) in [7, 11) is -3.52. The van der Waals surface area contributed by atoms with Crippen molar-refractivity contribution in [1.82, 2.24) is 4.98 Å². The highest BCUT2D eigenvalue weighted by atomic mass is 79.9. The molecule has 0 saturated carbocycles. The quantitative estimate of drug-likeness (QED) is 0.588. The number of ether oxygens (including phenoxy) is 2. The van der Waals surface area contributed by atoms with Crippen LogP contribution in [-0.2, 0) is 10.0 Å². The molecule has 1 aromatic heterocycles. The summed E-state index contributed by atoms with van der Waals surface area (Å²) in [6.45, 7) is 6.24. The van der Waals surface area contributed by atoms with E-state index in [-0.39, 0.29) is 5.75 Å². The van der Waals surface area contributed by atoms with E-state index in [1.54, 1.807) is 25.3 Å². The second kappa shape index (κ2) is 9.27. The van der Waals surface area contributed by atoms with Gasteiger partial charge in [0.1, 0.15) is 5.82 Å². The van der Waals surface area contributed by atoms with Crippen LogP contribution in [0.1, 0.15) is 27.2 Å². The average molecular weight is 458 g/mol. The van der Waals surface area contributed by atoms with Gasteiger partial charge in [-0.05, 0) is 60.0 Å². The first kappa shape index (κ1) is 21.3. The molecule has 7 nitrogen and oxygen atoms in total. The Morgan fingerprint density at radius 2 is 1.85 bits per heavy atom. The molecule has 2 rings (SSSR count). The molecule has 0 unspecified atom stereocenters. The van der Waals surface area contributed by atoms with Crippen molar-refractivity contribution in [2.75, 3.05) is 29.4 Å². The van der Waals surface area contributed by atoms with Crippen LogP contribution < -0.4 is 19.9 Å². The number of hydrogen-bond donors (Lipinski definition) is 2. The third-order valence-corrected chi connectivity index (χ3v) is 5.49. The van der Waals surface area contributed by atoms with Crippen molar-refractivity contribution >= 4 is 37.5 Å². The van der Waals surface area contributed by atoms with Gasteiger partial charge in [0.15, 0.2) is 11.5 Å². The highest BCUT2D eigenvalue weighted by Crippen LogP contribution is 2.42. The zero-order valence-corrected chi connectivity index (χ0v) is 18.0. The van der Waals surface area contributed by atoms with Crippen molar-refractivity contribution in [3.63, 3.8) is 0 Å². The first-order valence-electron chi connectivity index (χ1n) is 8.66. The third kappa shape index (κ3) is 5.49. The summed E-state index contributed by atoms with van der Waals surface area (Å²) in [4.78, 5) is 4.14. The number of rotatable bonds is 9. The summed E-state index contributed by atoms with van der Waals surface area (Å²) in [5, 5.41) is 0. The predicted molar refractivity (Wildman–Crippen MR) is 112 cm³/mol. The summed E-state index contributed by atoms with van der Waals surface area (Å²) < 4.78 is 39.4. The minimum absolute atomic E-state index is 0.00728. The van der Waals surface area contributed by atoms with Gasteiger partial charge in [0, 0.05) is 16.2 Å². The first-order chi connectivity index (χ1) is 12.8. The fourth-order valence-corrected chi connectivity index (χ4v) is 4.02. The van der Waals surface area contributed by atoms with E-state index >= 15 is 0 Å². The minimum atomic E-state index is -3.52. The molecule has 0 saturated heterocycles. The molecule has 3 N–H and O–H groups in total. The third-order valence-electron chi connectivity index (χ3n) is 3.58. The van der Waals surface area contributed by atoms with E-state index in [0.29, 0.717) is 53.8 Å². The number of hydrogen-bond acceptors (Lipinski definition) is 6. The number of nitrogens with one attached hydrogen (secondary N) is 1. The zero-order valence-electron chi connectivity index (χ0n) is 15.6. The average Bonchev–Trinajstić information content (AvgIpc) is 2.59. The van der Waals surface area contributed by atoms with Crippen LogP contribution in [0.5, 0.6) is 11.5 Å². The molecule has 0 fully saturated rings. The Morgan fingerprint density at radius 3 is 2.48 bits per heavy atom. The molecule has 1 heterocycles. The zero-order chi connectivity index (χ0) is 20.0. The Balaban J connectivity index is 2.67. The van der Waals surface area contributed by atoms with Gasteiger partial charge in [0.05, 0.1) is 24.7 Å². The van der Waals surface area contributed by atoms with Crippen molar-refractivity contribution < 1.29 is 17.9 Å². The van der Waals surface area contributed by atoms with Crippen LogP contribution in [0.25, 0.3) is 11.1 Å². The lowest BCUT2D eigenvalue weighted by atomic mass is 10.0. The first-order valence-corrected chi connectivity index (χ1v) is 11.1. The lowest BCUT2D eigenvalue weighted by molar-refractivity contribution is 0.289. The van der Waals surface area contributed by atoms with Crippen LogP contribution in [0.15, 0.2) is 28.9 Å². The van der Waals surface area contributed by atoms with E-state index in [1.807, 2.05) is 19.9 Å². The maximum atomic E-state index is 12.3. The van der Waals surface area contributed by atoms with E-state index in [0.717, 1.165) is 4.47 Å². The molecule has 27 heavy (non-hydrogen) atoms. The molecule has 0 radical (unpaired) electrons. The van der Waals surface area contributed by atoms with Crippen LogP contribution in [-0.4, -0.2) is 32.4 Å². The van der Waals surface area contributed by atoms with Crippen molar-refractivity contribution in [3.8, 4) is 22.6 Å². The number of pyridine rings is 1. The molecule has 1 aromatic carbocycles. The van der Waals surface area contributed by atoms with Gasteiger partial charge in [0.2, 0.25) is 10.0 Å². The summed E-state index contributed by atoms with van der Waals surface area (Å²) in [5.74, 6) is 1.12. The monoisotopic (exact) mass is 457 g/mol. The van der Waals surface area contributed by atoms with Crippen LogP contribution in [0, 0.1) is 0 Å². The van der Waals surface area contributed by atoms with E-state index in [2.05, 4.69) is 25.6 Å². The molecule has 0 aliphatic rings. The number of aromatic nitrogens is 1. The van der Waals surface area contributed by atoms with E-state index in [4.69, 9.17) is 15.2 Å². The molecular formula is C18H24BrN3O4S. The van der Waals surface area contributed by atoms with Crippen LogP contribution in [0.4, 0.5) is 11.5 Å². The van der Waals surface area contributed by atoms with Crippen molar-refractivity contribution in [1.29, 1.82) is 0 Å². The second-order valence-corrected chi connectivity index (χ2v) is 8.48. The predicted octanol–water partition coefficient (Wildman–Crippen LogP) is 4.04. The standard InChI is InChI=1S/C18H24BrN3O4S/c1-4-7-27(23,24)22-15-8-12(14-10-13(19)11-21-18(14)20)9-16(25-5-2)17(15)26-6-3/h8-11,22H,4-7H2,1-3H3,(H2,20,21). The van der Waals surface area contributed by atoms with Gasteiger partial charge in [-0.2, -0.15) is 0 Å². The molecule has 148 valence electrons. The van der Waals surface area contributed by atoms with Crippen molar-refractivity contribution in [2.45, 2.75) is 27.2 Å². The second-order valence-electron chi connectivity index (χ2n) is 5.72. The molecule has 0 aliphatic heterocycles. The number of anilines is 2. The highest BCUT2D eigenvalue weighted by Gasteiger charge is 2.20. The number of sulfonamides is 1. The van der Waals surface area contributed by atoms with Gasteiger partial charge >= 0.3 is 0 Å². The molecule has 0 aliphatic carbocycles. The molecule has 0 bridgehead atoms. The van der Waals surface area contributed by atoms with Gasteiger partial charge in [-0.15, -0.1) is 0 Å². The molecular weight excluding hydrogens is 434 g/mol. The number of benzene rings is 1. The summed E-state index contributed by atoms with van der Waals surface area (Å²) in [6.07, 6.45) is 2.10. The number of halogens is 1. The molecule has 9 heteroatoms. The van der Waals surface area contributed by atoms with E-state index in [9.17, 15) is 8.42 Å². The van der Waals surface area contributed by atoms with Gasteiger partial charge in [-0.1, -0.05) is 6.92 Å². The van der Waals surface area contributed by atoms with Crippen molar-refractivity contribution in [2.24, 2.45) is 0 Å². The van der Waals surface area contributed by atoms with Gasteiger partial charge < -0.3 is 15.2 Å². The Bertz CT molecular complexity index is 904. The summed E-state index contributed by atoms with van der Waals surface area (Å²) in [5.41, 5.74) is 7.66. The lowest BCUT2D eigenvalue weighted by Crippen LogP contribution is -2.17. The maximum Gasteiger partial charge on any atom is 0.232 e. The van der Waals surface area contributed by atoms with Crippen molar-refractivity contribution in [3.05, 3.63) is 28.9 Å². The van der Waals surface area contributed by atoms with E-state index in [1.165, 1.54) is 0 Å². The number of nitrogens with two attached hydrogens (primary N) is 1. The fraction of sp³-hybridized carbons (Fsp3) is 0.389. The largest absolute Gasteiger partial charge is 0.490 e. The lowest BCUT2D eigenvalue weighted by Gasteiger charge is -2.19. The summed E-state index contributed by atoms with van der Waals surface area (Å²) >= 11 is 3.38. The maximum absolute atomic E-state index is 12.3. The van der Waals surface area contributed by atoms with Crippen LogP contribution in [0.2, 0.25) is 0 Å². The topological polar surface area (TPSA) is 104 Å². The normalized spacial score (nSPS) is 11.3. The summed E-state index contributed by atoms with van der Waals surface area (Å²) in [6, 6.07) is 5.27. The highest BCUT2D eigenvalue weighted by molar-refractivity contribution is 9.10. The molecule has 0 atom stereocenters. The smallest absolute Gasteiger partial charge is 0.232 e. The SMILES string of the molecule is CCCS(=O)(=O)Nc1cc(-c2cc(Br)cnc2N)cc(OCC)c1OCC. The Hall–Kier alpha value is -2.00. The number of nitrogen functional groups attached to an aromatic ring is 1. The minimum Gasteiger partial charge on any atom is -0.490 e. The number of nitrogens with zero attached hydrogens (tertiary/aromatic N) is 1. The molecule has 2 aromatic rings. The molecule has 0 spiro atoms. The van der Waals surface area contributed by atoms with E-state index < -0.39 is 10.0 Å². The molecule has 0 amide bonds.